The van der Waals surface area contributed by atoms with Gasteiger partial charge in [-0.05, 0) is 117 Å². The lowest BCUT2D eigenvalue weighted by Gasteiger charge is -2.22. The predicted octanol–water partition coefficient (Wildman–Crippen LogP) is 11.9. The monoisotopic (exact) mass is 514 g/mol. The molecule has 0 N–H and O–H groups in total. The molecule has 0 amide bonds. The van der Waals surface area contributed by atoms with Crippen molar-refractivity contribution >= 4 is 43.5 Å². The third-order valence-corrected chi connectivity index (χ3v) is 8.00. The van der Waals surface area contributed by atoms with Crippen LogP contribution < -0.4 is 0 Å². The summed E-state index contributed by atoms with van der Waals surface area (Å²) in [6, 6.07) is 35.8. The van der Waals surface area contributed by atoms with Crippen molar-refractivity contribution in [3.8, 4) is 22.3 Å². The summed E-state index contributed by atoms with van der Waals surface area (Å²) in [5.41, 5.74) is 10.0. The molecule has 0 aliphatic carbocycles. The molecule has 0 nitrogen and oxygen atoms in total. The molecule has 0 heteroatoms. The van der Waals surface area contributed by atoms with Gasteiger partial charge in [-0.1, -0.05) is 121 Å². The van der Waals surface area contributed by atoms with Gasteiger partial charge in [0.1, 0.15) is 0 Å². The van der Waals surface area contributed by atoms with Crippen molar-refractivity contribution in [2.45, 2.75) is 27.7 Å². The molecular formula is C40H34. The van der Waals surface area contributed by atoms with Crippen molar-refractivity contribution < 1.29 is 0 Å². The van der Waals surface area contributed by atoms with Gasteiger partial charge in [0.2, 0.25) is 0 Å². The van der Waals surface area contributed by atoms with E-state index in [2.05, 4.69) is 161 Å². The summed E-state index contributed by atoms with van der Waals surface area (Å²) in [6.07, 6.45) is 13.2. The molecule has 0 aliphatic rings. The number of rotatable bonds is 6. The maximum Gasteiger partial charge on any atom is -0.00139 e. The summed E-state index contributed by atoms with van der Waals surface area (Å²) in [5.74, 6) is 0. The van der Waals surface area contributed by atoms with E-state index in [4.69, 9.17) is 0 Å². The number of hydrogen-bond acceptors (Lipinski definition) is 0. The van der Waals surface area contributed by atoms with E-state index < -0.39 is 0 Å². The highest BCUT2D eigenvalue weighted by atomic mass is 14.2. The van der Waals surface area contributed by atoms with Gasteiger partial charge in [-0.15, -0.1) is 0 Å². The molecule has 0 saturated heterocycles. The van der Waals surface area contributed by atoms with Crippen molar-refractivity contribution in [3.05, 3.63) is 145 Å². The van der Waals surface area contributed by atoms with Gasteiger partial charge in [0.25, 0.3) is 0 Å². The minimum Gasteiger partial charge on any atom is -0.0871 e. The molecule has 40 heavy (non-hydrogen) atoms. The van der Waals surface area contributed by atoms with Crippen LogP contribution in [0.4, 0.5) is 0 Å². The van der Waals surface area contributed by atoms with Crippen molar-refractivity contribution in [2.24, 2.45) is 0 Å². The molecule has 0 bridgehead atoms. The molecule has 0 atom stereocenters. The standard InChI is InChI=1S/C40H34/c1-5-15-27(7-3)35-25-37(29-17-11-9-12-18-29)33-24-22-32-36(28(8-4)16-6-2)26-38(30-19-13-10-14-20-30)34-23-21-31(35)39(33)40(32)34/h5-26H,1-4H3/b15-5-,16-6-,27-7+,28-8+. The van der Waals surface area contributed by atoms with Crippen molar-refractivity contribution in [2.75, 3.05) is 0 Å². The molecule has 0 unspecified atom stereocenters. The largest absolute Gasteiger partial charge is 0.0871 e. The van der Waals surface area contributed by atoms with Crippen LogP contribution in [0.5, 0.6) is 0 Å². The van der Waals surface area contributed by atoms with Crippen LogP contribution in [0.2, 0.25) is 0 Å². The summed E-state index contributed by atoms with van der Waals surface area (Å²) in [6.45, 7) is 8.46. The smallest absolute Gasteiger partial charge is 0.00139 e. The Balaban J connectivity index is 1.87. The van der Waals surface area contributed by atoms with Gasteiger partial charge >= 0.3 is 0 Å². The average Bonchev–Trinajstić information content (AvgIpc) is 3.02. The van der Waals surface area contributed by atoms with Crippen LogP contribution in [-0.2, 0) is 0 Å². The first-order valence-corrected chi connectivity index (χ1v) is 14.2. The van der Waals surface area contributed by atoms with E-state index in [-0.39, 0.29) is 0 Å². The molecule has 6 rings (SSSR count). The van der Waals surface area contributed by atoms with E-state index in [1.807, 2.05) is 0 Å². The zero-order valence-electron chi connectivity index (χ0n) is 23.7. The van der Waals surface area contributed by atoms with Crippen molar-refractivity contribution in [1.29, 1.82) is 0 Å². The highest BCUT2D eigenvalue weighted by Gasteiger charge is 2.20. The SMILES string of the molecule is C/C=C\C(=C/C)c1cc(-c2ccccc2)c2ccc3c(C(/C=C\C)=C/C)cc(-c4ccccc4)c4ccc1c2c34. The van der Waals surface area contributed by atoms with Crippen molar-refractivity contribution in [1.82, 2.24) is 0 Å². The van der Waals surface area contributed by atoms with E-state index in [1.165, 1.54) is 76.8 Å². The second-order valence-corrected chi connectivity index (χ2v) is 10.2. The summed E-state index contributed by atoms with van der Waals surface area (Å²) >= 11 is 0. The minimum atomic E-state index is 1.24. The molecular weight excluding hydrogens is 480 g/mol. The highest BCUT2D eigenvalue weighted by molar-refractivity contribution is 6.30. The lowest BCUT2D eigenvalue weighted by Crippen LogP contribution is -1.96. The van der Waals surface area contributed by atoms with Gasteiger partial charge in [0.05, 0.1) is 0 Å². The molecule has 0 aliphatic heterocycles. The zero-order chi connectivity index (χ0) is 27.6. The molecule has 0 fully saturated rings. The Bertz CT molecular complexity index is 1800. The third kappa shape index (κ3) is 4.17. The van der Waals surface area contributed by atoms with Gasteiger partial charge in [-0.2, -0.15) is 0 Å². The first-order chi connectivity index (χ1) is 19.7. The Labute approximate surface area is 237 Å². The first kappa shape index (κ1) is 25.6. The Hall–Kier alpha value is -4.68. The summed E-state index contributed by atoms with van der Waals surface area (Å²) in [7, 11) is 0. The van der Waals surface area contributed by atoms with Crippen LogP contribution in [0.25, 0.3) is 65.7 Å². The molecule has 0 spiro atoms. The minimum absolute atomic E-state index is 1.24. The molecule has 194 valence electrons. The van der Waals surface area contributed by atoms with Gasteiger partial charge < -0.3 is 0 Å². The summed E-state index contributed by atoms with van der Waals surface area (Å²) < 4.78 is 0. The van der Waals surface area contributed by atoms with Crippen LogP contribution >= 0.6 is 0 Å². The maximum atomic E-state index is 2.39. The van der Waals surface area contributed by atoms with Gasteiger partial charge in [0, 0.05) is 0 Å². The number of benzene rings is 6. The van der Waals surface area contributed by atoms with E-state index in [9.17, 15) is 0 Å². The lowest BCUT2D eigenvalue weighted by atomic mass is 9.81. The Morgan fingerprint density at radius 3 is 1.18 bits per heavy atom. The van der Waals surface area contributed by atoms with E-state index in [1.54, 1.807) is 0 Å². The van der Waals surface area contributed by atoms with E-state index in [0.29, 0.717) is 0 Å². The van der Waals surface area contributed by atoms with Gasteiger partial charge in [-0.3, -0.25) is 0 Å². The highest BCUT2D eigenvalue weighted by Crippen LogP contribution is 2.47. The van der Waals surface area contributed by atoms with Crippen LogP contribution in [0.3, 0.4) is 0 Å². The zero-order valence-corrected chi connectivity index (χ0v) is 23.7. The fourth-order valence-electron chi connectivity index (χ4n) is 6.23. The van der Waals surface area contributed by atoms with Crippen LogP contribution in [-0.4, -0.2) is 0 Å². The summed E-state index contributed by atoms with van der Waals surface area (Å²) in [4.78, 5) is 0. The lowest BCUT2D eigenvalue weighted by molar-refractivity contribution is 1.60. The first-order valence-electron chi connectivity index (χ1n) is 14.2. The van der Waals surface area contributed by atoms with Crippen LogP contribution in [0.15, 0.2) is 134 Å². The molecule has 0 saturated carbocycles. The molecule has 0 aromatic heterocycles. The second kappa shape index (κ2) is 10.8. The number of hydrogen-bond donors (Lipinski definition) is 0. The fraction of sp³-hybridized carbons (Fsp3) is 0.100. The van der Waals surface area contributed by atoms with Gasteiger partial charge in [-0.25, -0.2) is 0 Å². The number of allylic oxidation sites excluding steroid dienone is 8. The predicted molar refractivity (Wildman–Crippen MR) is 178 cm³/mol. The molecule has 0 radical (unpaired) electrons. The third-order valence-electron chi connectivity index (χ3n) is 8.00. The second-order valence-electron chi connectivity index (χ2n) is 10.2. The topological polar surface area (TPSA) is 0 Å². The van der Waals surface area contributed by atoms with Crippen LogP contribution in [0, 0.1) is 0 Å². The Morgan fingerprint density at radius 2 is 0.825 bits per heavy atom. The molecule has 6 aromatic carbocycles. The summed E-state index contributed by atoms with van der Waals surface area (Å²) in [5, 5.41) is 7.85. The Morgan fingerprint density at radius 1 is 0.450 bits per heavy atom. The average molecular weight is 515 g/mol. The molecule has 0 heterocycles. The van der Waals surface area contributed by atoms with Gasteiger partial charge in [0.15, 0.2) is 0 Å². The van der Waals surface area contributed by atoms with E-state index >= 15 is 0 Å². The van der Waals surface area contributed by atoms with Crippen molar-refractivity contribution in [3.63, 3.8) is 0 Å². The quantitative estimate of drug-likeness (QED) is 0.153. The Kier molecular flexibility index (Phi) is 6.93. The maximum absolute atomic E-state index is 2.39. The molecule has 6 aromatic rings. The normalized spacial score (nSPS) is 13.1. The fourth-order valence-corrected chi connectivity index (χ4v) is 6.23. The van der Waals surface area contributed by atoms with Crippen LogP contribution in [0.1, 0.15) is 38.8 Å². The van der Waals surface area contributed by atoms with E-state index in [0.717, 1.165) is 0 Å².